The molecule has 0 spiro atoms. The second kappa shape index (κ2) is 20.6. The predicted molar refractivity (Wildman–Crippen MR) is 247 cm³/mol. The van der Waals surface area contributed by atoms with Gasteiger partial charge in [0.1, 0.15) is 0 Å². The molecule has 0 heterocycles. The maximum Gasteiger partial charge on any atom is -1.00 e. The van der Waals surface area contributed by atoms with Gasteiger partial charge in [-0.1, -0.05) is 163 Å². The summed E-state index contributed by atoms with van der Waals surface area (Å²) >= 11 is 0.898. The van der Waals surface area contributed by atoms with Gasteiger partial charge in [-0.25, -0.2) is 6.08 Å². The predicted octanol–water partition coefficient (Wildman–Crippen LogP) is 11.1. The summed E-state index contributed by atoms with van der Waals surface area (Å²) in [5.74, 6) is 0.573. The SMILES string of the molecule is CC(C)(C)c1cc2[cH-]c3cc(C(C)(C)C)c(C(C)(C)C)cc3c2cc1C(C)(C)C.CCC1[C-]=CC(C(C)(C)C)=C1.FC(F)(F)c1ccc([C](=[Zr+2])c2ccc(C(F)(F)F)cc2)cc1.[Cl-].[Cl-]. The molecule has 9 heteroatoms. The second-order valence-electron chi connectivity index (χ2n) is 21.8. The van der Waals surface area contributed by atoms with E-state index >= 15 is 0 Å². The van der Waals surface area contributed by atoms with Gasteiger partial charge in [-0.2, -0.15) is 11.6 Å². The van der Waals surface area contributed by atoms with E-state index in [4.69, 9.17) is 0 Å². The zero-order chi connectivity index (χ0) is 47.2. The van der Waals surface area contributed by atoms with Crippen molar-refractivity contribution in [2.24, 2.45) is 11.3 Å². The zero-order valence-electron chi connectivity index (χ0n) is 40.5. The van der Waals surface area contributed by atoms with E-state index in [0.717, 1.165) is 48.5 Å². The smallest absolute Gasteiger partial charge is 1.00 e. The van der Waals surface area contributed by atoms with E-state index < -0.39 is 23.5 Å². The minimum absolute atomic E-state index is 0. The Hall–Kier alpha value is -2.86. The van der Waals surface area contributed by atoms with Crippen molar-refractivity contribution < 1.29 is 75.4 Å². The summed E-state index contributed by atoms with van der Waals surface area (Å²) in [6.07, 6.45) is 0.185. The van der Waals surface area contributed by atoms with E-state index in [0.29, 0.717) is 25.7 Å². The molecule has 348 valence electrons. The Morgan fingerprint density at radius 2 is 0.828 bits per heavy atom. The van der Waals surface area contributed by atoms with Crippen LogP contribution in [0, 0.1) is 17.4 Å². The van der Waals surface area contributed by atoms with Crippen LogP contribution in [0.4, 0.5) is 26.3 Å². The molecule has 0 N–H and O–H groups in total. The molecule has 5 aromatic carbocycles. The minimum Gasteiger partial charge on any atom is -1.00 e. The molecule has 0 bridgehead atoms. The molecule has 1 aliphatic rings. The number of rotatable bonds is 3. The molecule has 64 heavy (non-hydrogen) atoms. The average molecular weight is 1000 g/mol. The van der Waals surface area contributed by atoms with Crippen LogP contribution in [0.1, 0.15) is 162 Å². The van der Waals surface area contributed by atoms with E-state index in [-0.39, 0.29) is 46.5 Å². The van der Waals surface area contributed by atoms with Crippen LogP contribution < -0.4 is 24.8 Å². The quantitative estimate of drug-likeness (QED) is 0.125. The molecule has 0 aliphatic heterocycles. The molecule has 1 atom stereocenters. The Morgan fingerprint density at radius 1 is 0.516 bits per heavy atom. The van der Waals surface area contributed by atoms with Gasteiger partial charge in [0.2, 0.25) is 0 Å². The average Bonchev–Trinajstić information content (AvgIpc) is 3.77. The maximum absolute atomic E-state index is 12.5. The van der Waals surface area contributed by atoms with Crippen LogP contribution in [-0.4, -0.2) is 3.21 Å². The molecule has 0 amide bonds. The molecule has 6 rings (SSSR count). The van der Waals surface area contributed by atoms with Crippen LogP contribution >= 0.6 is 0 Å². The van der Waals surface area contributed by atoms with Gasteiger partial charge in [0.15, 0.2) is 0 Å². The van der Waals surface area contributed by atoms with E-state index in [2.05, 4.69) is 159 Å². The van der Waals surface area contributed by atoms with Crippen LogP contribution in [0.3, 0.4) is 0 Å². The van der Waals surface area contributed by atoms with Gasteiger partial charge < -0.3 is 24.8 Å². The van der Waals surface area contributed by atoms with Crippen molar-refractivity contribution in [1.82, 2.24) is 0 Å². The van der Waals surface area contributed by atoms with E-state index in [9.17, 15) is 26.3 Å². The Bertz CT molecular complexity index is 2280. The number of allylic oxidation sites excluding steroid dienone is 4. The first-order valence-corrected chi connectivity index (χ1v) is 22.7. The minimum atomic E-state index is -4.41. The van der Waals surface area contributed by atoms with E-state index in [1.165, 1.54) is 80.1 Å². The van der Waals surface area contributed by atoms with Crippen molar-refractivity contribution in [3.8, 4) is 0 Å². The third kappa shape index (κ3) is 14.3. The summed E-state index contributed by atoms with van der Waals surface area (Å²) in [6, 6.07) is 21.5. The van der Waals surface area contributed by atoms with Crippen LogP contribution in [-0.2, 0) is 58.2 Å². The molecule has 1 aliphatic carbocycles. The van der Waals surface area contributed by atoms with Gasteiger partial charge in [0, 0.05) is 0 Å². The maximum atomic E-state index is 12.5. The van der Waals surface area contributed by atoms with Crippen molar-refractivity contribution in [2.75, 3.05) is 0 Å². The number of hydrogen-bond acceptors (Lipinski definition) is 0. The summed E-state index contributed by atoms with van der Waals surface area (Å²) in [6.45, 7) is 37.0. The number of benzene rings is 4. The fraction of sp³-hybridized carbons (Fsp3) is 0.455. The summed E-state index contributed by atoms with van der Waals surface area (Å²) < 4.78 is 75.6. The molecule has 1 unspecified atom stereocenters. The topological polar surface area (TPSA) is 0 Å². The van der Waals surface area contributed by atoms with Crippen molar-refractivity contribution >= 4 is 24.8 Å². The molecule has 0 fully saturated rings. The first-order chi connectivity index (χ1) is 28.0. The molecule has 0 radical (unpaired) electrons. The number of alkyl halides is 6. The molecule has 0 nitrogen and oxygen atoms in total. The van der Waals surface area contributed by atoms with E-state index in [1.54, 1.807) is 0 Å². The van der Waals surface area contributed by atoms with Crippen LogP contribution in [0.5, 0.6) is 0 Å². The normalized spacial score (nSPS) is 14.8. The molecule has 5 aromatic rings. The number of hydrogen-bond donors (Lipinski definition) is 0. The fourth-order valence-corrected chi connectivity index (χ4v) is 8.44. The molecule has 0 saturated heterocycles. The Morgan fingerprint density at radius 3 is 1.06 bits per heavy atom. The molecular formula is C55H66Cl2F6Zr-2. The summed E-state index contributed by atoms with van der Waals surface area (Å²) in [7, 11) is 0. The summed E-state index contributed by atoms with van der Waals surface area (Å²) in [5.41, 5.74) is 7.75. The number of halogens is 8. The van der Waals surface area contributed by atoms with Crippen molar-refractivity contribution in [2.45, 2.75) is 151 Å². The second-order valence-corrected chi connectivity index (χ2v) is 23.1. The van der Waals surface area contributed by atoms with Crippen LogP contribution in [0.2, 0.25) is 0 Å². The first-order valence-electron chi connectivity index (χ1n) is 21.5. The Balaban J connectivity index is 0.000000356. The largest absolute Gasteiger partial charge is 1.00 e. The van der Waals surface area contributed by atoms with Gasteiger partial charge in [0.25, 0.3) is 0 Å². The Kier molecular flexibility index (Phi) is 18.4. The van der Waals surface area contributed by atoms with E-state index in [1.807, 2.05) is 0 Å². The van der Waals surface area contributed by atoms with Crippen LogP contribution in [0.25, 0.3) is 21.5 Å². The first kappa shape index (κ1) is 57.3. The summed E-state index contributed by atoms with van der Waals surface area (Å²) in [4.78, 5) is 0. The molecular weight excluding hydrogens is 937 g/mol. The number of fused-ring (bicyclic) bond motifs is 3. The van der Waals surface area contributed by atoms with Gasteiger partial charge in [-0.05, 0) is 21.7 Å². The molecule has 0 saturated carbocycles. The Labute approximate surface area is 407 Å². The third-order valence-corrected chi connectivity index (χ3v) is 12.8. The van der Waals surface area contributed by atoms with Crippen molar-refractivity contribution in [3.63, 3.8) is 0 Å². The van der Waals surface area contributed by atoms with Gasteiger partial charge in [-0.3, -0.25) is 6.08 Å². The summed E-state index contributed by atoms with van der Waals surface area (Å²) in [5, 5.41) is 5.57. The fourth-order valence-electron chi connectivity index (χ4n) is 7.62. The monoisotopic (exact) mass is 1000 g/mol. The van der Waals surface area contributed by atoms with Crippen molar-refractivity contribution in [3.05, 3.63) is 147 Å². The third-order valence-electron chi connectivity index (χ3n) is 11.4. The van der Waals surface area contributed by atoms with Gasteiger partial charge in [-0.15, -0.1) is 39.7 Å². The van der Waals surface area contributed by atoms with Gasteiger partial charge in [0.05, 0.1) is 0 Å². The van der Waals surface area contributed by atoms with Crippen molar-refractivity contribution in [1.29, 1.82) is 0 Å². The van der Waals surface area contributed by atoms with Crippen LogP contribution in [0.15, 0.2) is 96.6 Å². The zero-order valence-corrected chi connectivity index (χ0v) is 44.4. The van der Waals surface area contributed by atoms with Gasteiger partial charge >= 0.3 is 137 Å². The molecule has 0 aromatic heterocycles. The standard InChI is InChI=1S/C29H41.C15H8F6.C11H17.2ClH.Zr/c1-26(2,3)22-14-18-13-19-15-23(27(4,5)6)25(29(10,11)12)17-21(19)20(18)16-24(22)28(7,8)9;16-14(17,18)12-5-1-10(2-6-12)9-11-3-7-13(8-4-11)15(19,20)21;1-5-9-6-7-10(8-9)11(2,3)4;;;/h13-17H,1-12H3;1-8H;7-9H,5H2,1-4H3;2*1H;/q-1;;-1;;;+2/p-2.